The summed E-state index contributed by atoms with van der Waals surface area (Å²) in [6, 6.07) is 1.07. The lowest BCUT2D eigenvalue weighted by Crippen LogP contribution is -2.61. The molecule has 1 aliphatic heterocycles. The van der Waals surface area contributed by atoms with Crippen molar-refractivity contribution < 1.29 is 4.79 Å². The van der Waals surface area contributed by atoms with Crippen LogP contribution in [0.15, 0.2) is 0 Å². The van der Waals surface area contributed by atoms with Crippen molar-refractivity contribution in [3.8, 4) is 0 Å². The maximum Gasteiger partial charge on any atom is 0.240 e. The summed E-state index contributed by atoms with van der Waals surface area (Å²) < 4.78 is 0. The predicted molar refractivity (Wildman–Crippen MR) is 73.5 cm³/mol. The number of rotatable bonds is 4. The van der Waals surface area contributed by atoms with Crippen molar-refractivity contribution in [2.45, 2.75) is 57.2 Å². The first-order valence-electron chi connectivity index (χ1n) is 7.32. The Hall–Kier alpha value is -0.610. The molecule has 4 nitrogen and oxygen atoms in total. The van der Waals surface area contributed by atoms with Gasteiger partial charge < -0.3 is 10.2 Å². The first kappa shape index (κ1) is 13.8. The molecule has 1 heterocycles. The number of carbonyl (C=O) groups is 1. The third-order valence-electron chi connectivity index (χ3n) is 4.65. The molecule has 0 aromatic rings. The third-order valence-corrected chi connectivity index (χ3v) is 4.65. The molecule has 18 heavy (non-hydrogen) atoms. The van der Waals surface area contributed by atoms with Gasteiger partial charge in [-0.05, 0) is 46.8 Å². The fourth-order valence-electron chi connectivity index (χ4n) is 3.33. The van der Waals surface area contributed by atoms with Gasteiger partial charge in [0.1, 0.15) is 0 Å². The SMILES string of the molecule is CNCCC1C(=O)N(C2CCCC2)CC(C)N1C. The second-order valence-electron chi connectivity index (χ2n) is 5.85. The van der Waals surface area contributed by atoms with E-state index in [0.717, 1.165) is 19.5 Å². The second-order valence-corrected chi connectivity index (χ2v) is 5.85. The molecular formula is C14H27N3O. The van der Waals surface area contributed by atoms with Gasteiger partial charge in [-0.1, -0.05) is 12.8 Å². The smallest absolute Gasteiger partial charge is 0.240 e. The zero-order chi connectivity index (χ0) is 13.1. The third kappa shape index (κ3) is 2.69. The Labute approximate surface area is 111 Å². The van der Waals surface area contributed by atoms with Gasteiger partial charge in [-0.2, -0.15) is 0 Å². The largest absolute Gasteiger partial charge is 0.337 e. The highest BCUT2D eigenvalue weighted by Crippen LogP contribution is 2.28. The Morgan fingerprint density at radius 1 is 1.33 bits per heavy atom. The van der Waals surface area contributed by atoms with Crippen molar-refractivity contribution in [1.29, 1.82) is 0 Å². The van der Waals surface area contributed by atoms with Crippen molar-refractivity contribution in [1.82, 2.24) is 15.1 Å². The van der Waals surface area contributed by atoms with Gasteiger partial charge in [0.05, 0.1) is 6.04 Å². The van der Waals surface area contributed by atoms with E-state index in [1.807, 2.05) is 7.05 Å². The van der Waals surface area contributed by atoms with Gasteiger partial charge in [0, 0.05) is 18.6 Å². The second kappa shape index (κ2) is 6.02. The van der Waals surface area contributed by atoms with Crippen LogP contribution in [-0.4, -0.2) is 61.0 Å². The van der Waals surface area contributed by atoms with E-state index in [1.54, 1.807) is 0 Å². The molecule has 0 bridgehead atoms. The van der Waals surface area contributed by atoms with Gasteiger partial charge in [-0.15, -0.1) is 0 Å². The van der Waals surface area contributed by atoms with Gasteiger partial charge in [0.25, 0.3) is 0 Å². The lowest BCUT2D eigenvalue weighted by Gasteiger charge is -2.45. The average Bonchev–Trinajstić information content (AvgIpc) is 2.87. The molecule has 1 saturated heterocycles. The van der Waals surface area contributed by atoms with E-state index in [9.17, 15) is 4.79 Å². The van der Waals surface area contributed by atoms with Gasteiger partial charge in [0.15, 0.2) is 0 Å². The minimum atomic E-state index is 0.0711. The van der Waals surface area contributed by atoms with Crippen molar-refractivity contribution in [3.63, 3.8) is 0 Å². The molecule has 1 saturated carbocycles. The van der Waals surface area contributed by atoms with Crippen LogP contribution in [0.25, 0.3) is 0 Å². The quantitative estimate of drug-likeness (QED) is 0.814. The fourth-order valence-corrected chi connectivity index (χ4v) is 3.33. The van der Waals surface area contributed by atoms with Crippen LogP contribution >= 0.6 is 0 Å². The molecule has 1 aliphatic carbocycles. The van der Waals surface area contributed by atoms with Gasteiger partial charge in [0.2, 0.25) is 5.91 Å². The number of hydrogen-bond acceptors (Lipinski definition) is 3. The molecule has 2 unspecified atom stereocenters. The summed E-state index contributed by atoms with van der Waals surface area (Å²) in [5, 5.41) is 3.16. The highest BCUT2D eigenvalue weighted by Gasteiger charge is 2.39. The molecule has 1 N–H and O–H groups in total. The Bertz CT molecular complexity index is 289. The van der Waals surface area contributed by atoms with Crippen LogP contribution in [0.1, 0.15) is 39.0 Å². The van der Waals surface area contributed by atoms with E-state index in [4.69, 9.17) is 0 Å². The van der Waals surface area contributed by atoms with Gasteiger partial charge >= 0.3 is 0 Å². The molecule has 2 atom stereocenters. The summed E-state index contributed by atoms with van der Waals surface area (Å²) in [5.74, 6) is 0.359. The Kier molecular flexibility index (Phi) is 4.62. The monoisotopic (exact) mass is 253 g/mol. The number of likely N-dealkylation sites (N-methyl/N-ethyl adjacent to an activating group) is 1. The van der Waals surface area contributed by atoms with E-state index < -0.39 is 0 Å². The molecule has 0 spiro atoms. The highest BCUT2D eigenvalue weighted by molar-refractivity contribution is 5.83. The maximum absolute atomic E-state index is 12.6. The fraction of sp³-hybridized carbons (Fsp3) is 0.929. The molecule has 4 heteroatoms. The van der Waals surface area contributed by atoms with Crippen molar-refractivity contribution in [3.05, 3.63) is 0 Å². The van der Waals surface area contributed by atoms with Gasteiger partial charge in [-0.3, -0.25) is 9.69 Å². The normalized spacial score (nSPS) is 31.3. The summed E-state index contributed by atoms with van der Waals surface area (Å²) in [6.45, 7) is 4.06. The van der Waals surface area contributed by atoms with Gasteiger partial charge in [-0.25, -0.2) is 0 Å². The molecule has 0 aromatic heterocycles. The van der Waals surface area contributed by atoms with Crippen LogP contribution < -0.4 is 5.32 Å². The number of carbonyl (C=O) groups excluding carboxylic acids is 1. The number of hydrogen-bond donors (Lipinski definition) is 1. The first-order valence-corrected chi connectivity index (χ1v) is 7.32. The molecule has 0 radical (unpaired) electrons. The summed E-state index contributed by atoms with van der Waals surface area (Å²) in [5.41, 5.74) is 0. The van der Waals surface area contributed by atoms with Crippen LogP contribution in [-0.2, 0) is 4.79 Å². The van der Waals surface area contributed by atoms with Crippen molar-refractivity contribution >= 4 is 5.91 Å². The number of piperazine rings is 1. The van der Waals surface area contributed by atoms with Crippen LogP contribution in [0.2, 0.25) is 0 Å². The number of nitrogens with zero attached hydrogens (tertiary/aromatic N) is 2. The van der Waals surface area contributed by atoms with Crippen LogP contribution in [0.5, 0.6) is 0 Å². The molecule has 104 valence electrons. The summed E-state index contributed by atoms with van der Waals surface area (Å²) in [7, 11) is 4.04. The Morgan fingerprint density at radius 2 is 2.00 bits per heavy atom. The molecule has 2 rings (SSSR count). The zero-order valence-electron chi connectivity index (χ0n) is 12.0. The first-order chi connectivity index (χ1) is 8.65. The highest BCUT2D eigenvalue weighted by atomic mass is 16.2. The van der Waals surface area contributed by atoms with Crippen molar-refractivity contribution in [2.75, 3.05) is 27.2 Å². The zero-order valence-corrected chi connectivity index (χ0v) is 12.0. The van der Waals surface area contributed by atoms with Crippen LogP contribution in [0, 0.1) is 0 Å². The average molecular weight is 253 g/mol. The van der Waals surface area contributed by atoms with E-state index >= 15 is 0 Å². The number of nitrogens with one attached hydrogen (secondary N) is 1. The molecule has 1 amide bonds. The topological polar surface area (TPSA) is 35.6 Å². The number of amides is 1. The minimum Gasteiger partial charge on any atom is -0.337 e. The van der Waals surface area contributed by atoms with E-state index in [1.165, 1.54) is 25.7 Å². The Balaban J connectivity index is 2.05. The molecule has 2 fully saturated rings. The van der Waals surface area contributed by atoms with E-state index in [-0.39, 0.29) is 6.04 Å². The molecular weight excluding hydrogens is 226 g/mol. The van der Waals surface area contributed by atoms with E-state index in [2.05, 4.69) is 29.1 Å². The van der Waals surface area contributed by atoms with Crippen LogP contribution in [0.4, 0.5) is 0 Å². The Morgan fingerprint density at radius 3 is 2.61 bits per heavy atom. The lowest BCUT2D eigenvalue weighted by atomic mass is 10.0. The van der Waals surface area contributed by atoms with E-state index in [0.29, 0.717) is 18.0 Å². The maximum atomic E-state index is 12.6. The lowest BCUT2D eigenvalue weighted by molar-refractivity contribution is -0.146. The standard InChI is InChI=1S/C14H27N3O/c1-11-10-17(12-6-4-5-7-12)14(18)13(16(11)3)8-9-15-2/h11-13,15H,4-10H2,1-3H3. The molecule has 2 aliphatic rings. The van der Waals surface area contributed by atoms with Crippen LogP contribution in [0.3, 0.4) is 0 Å². The van der Waals surface area contributed by atoms with Crippen molar-refractivity contribution in [2.24, 2.45) is 0 Å². The summed E-state index contributed by atoms with van der Waals surface area (Å²) >= 11 is 0. The predicted octanol–water partition coefficient (Wildman–Crippen LogP) is 1.07. The minimum absolute atomic E-state index is 0.0711. The molecule has 0 aromatic carbocycles. The summed E-state index contributed by atoms with van der Waals surface area (Å²) in [4.78, 5) is 17.1. The summed E-state index contributed by atoms with van der Waals surface area (Å²) in [6.07, 6.45) is 5.92.